The monoisotopic (exact) mass is 156 g/mol. The van der Waals surface area contributed by atoms with Gasteiger partial charge in [-0.3, -0.25) is 0 Å². The minimum absolute atomic E-state index is 0.767. The van der Waals surface area contributed by atoms with E-state index < -0.39 is 8.32 Å². The summed E-state index contributed by atoms with van der Waals surface area (Å²) in [4.78, 5) is 0. The van der Waals surface area contributed by atoms with Crippen molar-refractivity contribution in [1.82, 2.24) is 0 Å². The standard InChI is InChI=1S/C8H16OSi/c1-3-6-9-10(2)7-4-5-8-10/h3H,1,4-8H2,2H3. The van der Waals surface area contributed by atoms with Crippen LogP contribution in [-0.4, -0.2) is 14.9 Å². The largest absolute Gasteiger partial charge is 0.413 e. The minimum Gasteiger partial charge on any atom is -0.413 e. The Hall–Kier alpha value is -0.0831. The van der Waals surface area contributed by atoms with E-state index in [9.17, 15) is 0 Å². The predicted octanol–water partition coefficient (Wildman–Crippen LogP) is 2.56. The fourth-order valence-corrected chi connectivity index (χ4v) is 4.58. The van der Waals surface area contributed by atoms with Gasteiger partial charge in [0.25, 0.3) is 0 Å². The molecule has 0 aromatic carbocycles. The van der Waals surface area contributed by atoms with Crippen molar-refractivity contribution in [3.63, 3.8) is 0 Å². The molecule has 0 N–H and O–H groups in total. The molecule has 1 saturated heterocycles. The van der Waals surface area contributed by atoms with Crippen LogP contribution in [0.15, 0.2) is 12.7 Å². The van der Waals surface area contributed by atoms with Crippen molar-refractivity contribution in [2.24, 2.45) is 0 Å². The van der Waals surface area contributed by atoms with Crippen molar-refractivity contribution in [3.05, 3.63) is 12.7 Å². The van der Waals surface area contributed by atoms with Gasteiger partial charge in [-0.25, -0.2) is 0 Å². The van der Waals surface area contributed by atoms with E-state index in [1.165, 1.54) is 24.9 Å². The molecule has 2 heteroatoms. The molecule has 0 saturated carbocycles. The van der Waals surface area contributed by atoms with Crippen molar-refractivity contribution < 1.29 is 4.43 Å². The summed E-state index contributed by atoms with van der Waals surface area (Å²) < 4.78 is 5.76. The van der Waals surface area contributed by atoms with Gasteiger partial charge in [0, 0.05) is 0 Å². The lowest BCUT2D eigenvalue weighted by Crippen LogP contribution is -2.30. The first-order chi connectivity index (χ1) is 4.77. The van der Waals surface area contributed by atoms with E-state index in [-0.39, 0.29) is 0 Å². The highest BCUT2D eigenvalue weighted by Crippen LogP contribution is 2.30. The summed E-state index contributed by atoms with van der Waals surface area (Å²) in [7, 11) is -1.18. The van der Waals surface area contributed by atoms with Crippen LogP contribution in [0, 0.1) is 0 Å². The fourth-order valence-electron chi connectivity index (χ4n) is 1.53. The third-order valence-corrected chi connectivity index (χ3v) is 5.90. The molecule has 0 aromatic heterocycles. The molecular weight excluding hydrogens is 140 g/mol. The Balaban J connectivity index is 2.28. The zero-order valence-corrected chi connectivity index (χ0v) is 7.73. The molecule has 0 amide bonds. The van der Waals surface area contributed by atoms with Gasteiger partial charge in [-0.1, -0.05) is 18.9 Å². The summed E-state index contributed by atoms with van der Waals surface area (Å²) in [6, 6.07) is 2.72. The van der Waals surface area contributed by atoms with E-state index in [4.69, 9.17) is 4.43 Å². The van der Waals surface area contributed by atoms with Crippen molar-refractivity contribution in [3.8, 4) is 0 Å². The van der Waals surface area contributed by atoms with Crippen molar-refractivity contribution in [2.45, 2.75) is 31.5 Å². The number of rotatable bonds is 3. The third-order valence-electron chi connectivity index (χ3n) is 2.21. The van der Waals surface area contributed by atoms with Gasteiger partial charge in [-0.05, 0) is 18.6 Å². The van der Waals surface area contributed by atoms with E-state index in [0.29, 0.717) is 0 Å². The molecule has 10 heavy (non-hydrogen) atoms. The molecule has 0 aliphatic carbocycles. The Kier molecular flexibility index (Phi) is 2.69. The van der Waals surface area contributed by atoms with Gasteiger partial charge in [-0.15, -0.1) is 6.58 Å². The molecule has 0 atom stereocenters. The molecule has 1 aliphatic heterocycles. The van der Waals surface area contributed by atoms with Crippen LogP contribution < -0.4 is 0 Å². The van der Waals surface area contributed by atoms with Crippen molar-refractivity contribution >= 4 is 8.32 Å². The molecule has 1 rings (SSSR count). The zero-order valence-electron chi connectivity index (χ0n) is 6.73. The fraction of sp³-hybridized carbons (Fsp3) is 0.750. The van der Waals surface area contributed by atoms with E-state index in [1.807, 2.05) is 6.08 Å². The van der Waals surface area contributed by atoms with Crippen LogP contribution in [0.4, 0.5) is 0 Å². The molecule has 0 bridgehead atoms. The first kappa shape index (κ1) is 8.02. The quantitative estimate of drug-likeness (QED) is 0.451. The second-order valence-corrected chi connectivity index (χ2v) is 7.45. The summed E-state index contributed by atoms with van der Waals surface area (Å²) in [5.74, 6) is 0. The van der Waals surface area contributed by atoms with Crippen LogP contribution in [0.5, 0.6) is 0 Å². The summed E-state index contributed by atoms with van der Waals surface area (Å²) in [5.41, 5.74) is 0. The smallest absolute Gasteiger partial charge is 0.190 e. The first-order valence-corrected chi connectivity index (χ1v) is 6.84. The second-order valence-electron chi connectivity index (χ2n) is 3.26. The molecule has 0 unspecified atom stereocenters. The van der Waals surface area contributed by atoms with E-state index in [0.717, 1.165) is 6.61 Å². The Morgan fingerprint density at radius 3 is 2.60 bits per heavy atom. The van der Waals surface area contributed by atoms with Gasteiger partial charge in [0.1, 0.15) is 0 Å². The maximum Gasteiger partial charge on any atom is 0.190 e. The molecular formula is C8H16OSi. The SMILES string of the molecule is C=CCO[Si]1(C)CCCC1. The molecule has 0 spiro atoms. The zero-order chi connectivity index (χ0) is 7.45. The summed E-state index contributed by atoms with van der Waals surface area (Å²) in [6.45, 7) is 6.75. The molecule has 1 nitrogen and oxygen atoms in total. The van der Waals surface area contributed by atoms with Gasteiger partial charge >= 0.3 is 0 Å². The first-order valence-electron chi connectivity index (χ1n) is 4.02. The minimum atomic E-state index is -1.18. The topological polar surface area (TPSA) is 9.23 Å². The Morgan fingerprint density at radius 1 is 1.50 bits per heavy atom. The predicted molar refractivity (Wildman–Crippen MR) is 46.6 cm³/mol. The third kappa shape index (κ3) is 1.96. The Bertz CT molecular complexity index is 116. The van der Waals surface area contributed by atoms with Crippen LogP contribution in [0.25, 0.3) is 0 Å². The maximum atomic E-state index is 5.76. The molecule has 0 aromatic rings. The highest BCUT2D eigenvalue weighted by molar-refractivity contribution is 6.73. The number of hydrogen-bond acceptors (Lipinski definition) is 1. The average molecular weight is 156 g/mol. The van der Waals surface area contributed by atoms with Crippen LogP contribution in [0.1, 0.15) is 12.8 Å². The van der Waals surface area contributed by atoms with Crippen LogP contribution >= 0.6 is 0 Å². The molecule has 1 aliphatic rings. The lowest BCUT2D eigenvalue weighted by atomic mass is 10.4. The summed E-state index contributed by atoms with van der Waals surface area (Å²) >= 11 is 0. The molecule has 1 fully saturated rings. The lowest BCUT2D eigenvalue weighted by Gasteiger charge is -2.19. The van der Waals surface area contributed by atoms with E-state index in [1.54, 1.807) is 0 Å². The van der Waals surface area contributed by atoms with Gasteiger partial charge < -0.3 is 4.43 Å². The van der Waals surface area contributed by atoms with Crippen molar-refractivity contribution in [1.29, 1.82) is 0 Å². The highest BCUT2D eigenvalue weighted by atomic mass is 28.4. The lowest BCUT2D eigenvalue weighted by molar-refractivity contribution is 0.352. The van der Waals surface area contributed by atoms with Crippen LogP contribution in [0.2, 0.25) is 18.6 Å². The molecule has 0 radical (unpaired) electrons. The molecule has 58 valence electrons. The Morgan fingerprint density at radius 2 is 2.10 bits per heavy atom. The van der Waals surface area contributed by atoms with Gasteiger partial charge in [0.15, 0.2) is 8.32 Å². The molecule has 1 heterocycles. The Labute approximate surface area is 64.2 Å². The second kappa shape index (κ2) is 3.35. The van der Waals surface area contributed by atoms with E-state index >= 15 is 0 Å². The number of hydrogen-bond donors (Lipinski definition) is 0. The van der Waals surface area contributed by atoms with Crippen LogP contribution in [0.3, 0.4) is 0 Å². The normalized spacial score (nSPS) is 22.9. The van der Waals surface area contributed by atoms with Gasteiger partial charge in [0.05, 0.1) is 6.61 Å². The average Bonchev–Trinajstić information content (AvgIpc) is 2.33. The maximum absolute atomic E-state index is 5.76. The summed E-state index contributed by atoms with van der Waals surface area (Å²) in [6.07, 6.45) is 4.64. The highest BCUT2D eigenvalue weighted by Gasteiger charge is 2.32. The van der Waals surface area contributed by atoms with E-state index in [2.05, 4.69) is 13.1 Å². The van der Waals surface area contributed by atoms with Crippen LogP contribution in [-0.2, 0) is 4.43 Å². The van der Waals surface area contributed by atoms with Gasteiger partial charge in [0.2, 0.25) is 0 Å². The van der Waals surface area contributed by atoms with Gasteiger partial charge in [-0.2, -0.15) is 0 Å². The van der Waals surface area contributed by atoms with Crippen molar-refractivity contribution in [2.75, 3.05) is 6.61 Å². The summed E-state index contributed by atoms with van der Waals surface area (Å²) in [5, 5.41) is 0.